The predicted octanol–water partition coefficient (Wildman–Crippen LogP) is 4.40. The predicted molar refractivity (Wildman–Crippen MR) is 88.3 cm³/mol. The van der Waals surface area contributed by atoms with E-state index >= 15 is 0 Å². The molecule has 0 aliphatic heterocycles. The molecule has 0 bridgehead atoms. The second kappa shape index (κ2) is 7.08. The summed E-state index contributed by atoms with van der Waals surface area (Å²) in [5.74, 6) is 0. The number of nitrogens with one attached hydrogen (secondary N) is 2. The van der Waals surface area contributed by atoms with Gasteiger partial charge in [0, 0.05) is 41.5 Å². The number of rotatable bonds is 7. The van der Waals surface area contributed by atoms with E-state index in [4.69, 9.17) is 0 Å². The van der Waals surface area contributed by atoms with Gasteiger partial charge < -0.3 is 10.6 Å². The van der Waals surface area contributed by atoms with Gasteiger partial charge in [-0.15, -0.1) is 11.3 Å². The molecule has 1 aromatic heterocycles. The molecule has 1 aromatic carbocycles. The Balaban J connectivity index is 2.15. The van der Waals surface area contributed by atoms with Crippen LogP contribution in [0.1, 0.15) is 23.8 Å². The van der Waals surface area contributed by atoms with Crippen molar-refractivity contribution in [2.75, 3.05) is 17.2 Å². The number of nitrogens with zero attached hydrogens (tertiary/aromatic N) is 1. The zero-order chi connectivity index (χ0) is 15.2. The van der Waals surface area contributed by atoms with Crippen LogP contribution in [0.3, 0.4) is 0 Å². The zero-order valence-electron chi connectivity index (χ0n) is 12.2. The lowest BCUT2D eigenvalue weighted by Gasteiger charge is -2.10. The van der Waals surface area contributed by atoms with Gasteiger partial charge in [-0.2, -0.15) is 0 Å². The molecule has 2 rings (SSSR count). The lowest BCUT2D eigenvalue weighted by Crippen LogP contribution is -2.03. The van der Waals surface area contributed by atoms with Crippen LogP contribution in [0.4, 0.5) is 17.1 Å². The molecule has 112 valence electrons. The first-order valence-corrected chi connectivity index (χ1v) is 7.78. The zero-order valence-corrected chi connectivity index (χ0v) is 13.0. The topological polar surface area (TPSA) is 67.2 Å². The van der Waals surface area contributed by atoms with Crippen molar-refractivity contribution in [2.45, 2.75) is 26.8 Å². The quantitative estimate of drug-likeness (QED) is 0.588. The van der Waals surface area contributed by atoms with Crippen molar-refractivity contribution < 1.29 is 4.92 Å². The fraction of sp³-hybridized carbons (Fsp3) is 0.333. The largest absolute Gasteiger partial charge is 0.385 e. The van der Waals surface area contributed by atoms with E-state index in [1.165, 1.54) is 10.4 Å². The van der Waals surface area contributed by atoms with Gasteiger partial charge in [0.1, 0.15) is 0 Å². The van der Waals surface area contributed by atoms with Crippen LogP contribution in [0.5, 0.6) is 0 Å². The van der Waals surface area contributed by atoms with E-state index in [-0.39, 0.29) is 10.6 Å². The number of hydrogen-bond donors (Lipinski definition) is 2. The van der Waals surface area contributed by atoms with Gasteiger partial charge in [0.25, 0.3) is 5.69 Å². The molecule has 0 unspecified atom stereocenters. The minimum Gasteiger partial charge on any atom is -0.385 e. The van der Waals surface area contributed by atoms with Gasteiger partial charge in [0.2, 0.25) is 0 Å². The first-order chi connectivity index (χ1) is 10.1. The first kappa shape index (κ1) is 15.3. The van der Waals surface area contributed by atoms with Crippen LogP contribution in [-0.4, -0.2) is 11.5 Å². The van der Waals surface area contributed by atoms with Crippen molar-refractivity contribution >= 4 is 28.4 Å². The van der Waals surface area contributed by atoms with Crippen molar-refractivity contribution in [1.29, 1.82) is 0 Å². The summed E-state index contributed by atoms with van der Waals surface area (Å²) in [6.07, 6.45) is 0.972. The molecule has 0 radical (unpaired) electrons. The third kappa shape index (κ3) is 4.19. The molecular weight excluding hydrogens is 286 g/mol. The van der Waals surface area contributed by atoms with Crippen LogP contribution >= 0.6 is 11.3 Å². The van der Waals surface area contributed by atoms with Gasteiger partial charge >= 0.3 is 0 Å². The Bertz CT molecular complexity index is 625. The van der Waals surface area contributed by atoms with Crippen LogP contribution in [0, 0.1) is 17.0 Å². The number of non-ortho nitro benzene ring substituents is 1. The number of benzene rings is 1. The third-order valence-electron chi connectivity index (χ3n) is 3.13. The maximum absolute atomic E-state index is 11.0. The van der Waals surface area contributed by atoms with E-state index < -0.39 is 0 Å². The molecule has 0 saturated heterocycles. The number of hydrogen-bond acceptors (Lipinski definition) is 5. The van der Waals surface area contributed by atoms with Gasteiger partial charge in [-0.25, -0.2) is 0 Å². The number of nitro benzene ring substituents is 1. The van der Waals surface area contributed by atoms with E-state index in [9.17, 15) is 10.1 Å². The van der Waals surface area contributed by atoms with Gasteiger partial charge in [0.15, 0.2) is 0 Å². The summed E-state index contributed by atoms with van der Waals surface area (Å²) in [4.78, 5) is 11.9. The van der Waals surface area contributed by atoms with Crippen LogP contribution < -0.4 is 10.6 Å². The Hall–Kier alpha value is -2.08. The standard InChI is InChI=1S/C15H19N3O2S/c1-3-5-16-12-7-13(9-14(8-12)18(19)20)17-10-15-11(2)4-6-21-15/h4,6-9,16-17H,3,5,10H2,1-2H3. The molecule has 0 atom stereocenters. The minimum atomic E-state index is -0.362. The highest BCUT2D eigenvalue weighted by atomic mass is 32.1. The summed E-state index contributed by atoms with van der Waals surface area (Å²) in [5, 5.41) is 19.5. The third-order valence-corrected chi connectivity index (χ3v) is 4.15. The van der Waals surface area contributed by atoms with Crippen molar-refractivity contribution in [2.24, 2.45) is 0 Å². The normalized spacial score (nSPS) is 10.4. The van der Waals surface area contributed by atoms with E-state index in [0.29, 0.717) is 6.54 Å². The molecule has 0 aliphatic carbocycles. The average molecular weight is 305 g/mol. The summed E-state index contributed by atoms with van der Waals surface area (Å²) in [6, 6.07) is 7.12. The monoisotopic (exact) mass is 305 g/mol. The van der Waals surface area contributed by atoms with Crippen molar-refractivity contribution in [3.63, 3.8) is 0 Å². The number of aryl methyl sites for hydroxylation is 1. The summed E-state index contributed by atoms with van der Waals surface area (Å²) in [7, 11) is 0. The number of nitro groups is 1. The lowest BCUT2D eigenvalue weighted by atomic mass is 10.2. The highest BCUT2D eigenvalue weighted by molar-refractivity contribution is 7.10. The first-order valence-electron chi connectivity index (χ1n) is 6.90. The summed E-state index contributed by atoms with van der Waals surface area (Å²) >= 11 is 1.69. The van der Waals surface area contributed by atoms with E-state index in [1.807, 2.05) is 11.4 Å². The van der Waals surface area contributed by atoms with E-state index in [0.717, 1.165) is 24.3 Å². The Morgan fingerprint density at radius 1 is 1.24 bits per heavy atom. The maximum Gasteiger partial charge on any atom is 0.273 e. The van der Waals surface area contributed by atoms with Crippen molar-refractivity contribution in [3.8, 4) is 0 Å². The molecule has 1 heterocycles. The van der Waals surface area contributed by atoms with Gasteiger partial charge in [-0.1, -0.05) is 6.92 Å². The molecule has 0 aliphatic rings. The van der Waals surface area contributed by atoms with Crippen LogP contribution in [0.2, 0.25) is 0 Å². The highest BCUT2D eigenvalue weighted by Gasteiger charge is 2.10. The fourth-order valence-electron chi connectivity index (χ4n) is 1.96. The molecule has 2 N–H and O–H groups in total. The van der Waals surface area contributed by atoms with Crippen LogP contribution in [0.15, 0.2) is 29.6 Å². The number of thiophene rings is 1. The van der Waals surface area contributed by atoms with Crippen LogP contribution in [0.25, 0.3) is 0 Å². The Kier molecular flexibility index (Phi) is 5.16. The molecular formula is C15H19N3O2S. The smallest absolute Gasteiger partial charge is 0.273 e. The SMILES string of the molecule is CCCNc1cc(NCc2sccc2C)cc([N+](=O)[O-])c1. The molecule has 0 fully saturated rings. The van der Waals surface area contributed by atoms with Crippen molar-refractivity contribution in [1.82, 2.24) is 0 Å². The van der Waals surface area contributed by atoms with Crippen molar-refractivity contribution in [3.05, 3.63) is 50.2 Å². The summed E-state index contributed by atoms with van der Waals surface area (Å²) in [5.41, 5.74) is 2.87. The summed E-state index contributed by atoms with van der Waals surface area (Å²) in [6.45, 7) is 5.60. The lowest BCUT2D eigenvalue weighted by molar-refractivity contribution is -0.384. The Morgan fingerprint density at radius 2 is 1.95 bits per heavy atom. The summed E-state index contributed by atoms with van der Waals surface area (Å²) < 4.78 is 0. The fourth-order valence-corrected chi connectivity index (χ4v) is 2.80. The maximum atomic E-state index is 11.0. The van der Waals surface area contributed by atoms with E-state index in [1.54, 1.807) is 23.5 Å². The second-order valence-corrected chi connectivity index (χ2v) is 5.83. The minimum absolute atomic E-state index is 0.0986. The average Bonchev–Trinajstić information content (AvgIpc) is 2.88. The highest BCUT2D eigenvalue weighted by Crippen LogP contribution is 2.25. The molecule has 5 nitrogen and oxygen atoms in total. The molecule has 0 spiro atoms. The Morgan fingerprint density at radius 3 is 2.52 bits per heavy atom. The van der Waals surface area contributed by atoms with Gasteiger partial charge in [-0.3, -0.25) is 10.1 Å². The molecule has 2 aromatic rings. The molecule has 21 heavy (non-hydrogen) atoms. The van der Waals surface area contributed by atoms with Gasteiger partial charge in [0.05, 0.1) is 4.92 Å². The molecule has 6 heteroatoms. The second-order valence-electron chi connectivity index (χ2n) is 4.83. The molecule has 0 amide bonds. The van der Waals surface area contributed by atoms with E-state index in [2.05, 4.69) is 30.5 Å². The van der Waals surface area contributed by atoms with Gasteiger partial charge in [-0.05, 0) is 36.4 Å². The Labute approximate surface area is 128 Å². The molecule has 0 saturated carbocycles. The van der Waals surface area contributed by atoms with Crippen LogP contribution in [-0.2, 0) is 6.54 Å². The number of anilines is 2.